The van der Waals surface area contributed by atoms with Gasteiger partial charge in [-0.25, -0.2) is 0 Å². The second kappa shape index (κ2) is 4.63. The molecule has 0 atom stereocenters. The lowest BCUT2D eigenvalue weighted by atomic mass is 10.0. The monoisotopic (exact) mass is 277 g/mol. The van der Waals surface area contributed by atoms with Crippen molar-refractivity contribution >= 4 is 23.2 Å². The molecule has 2 aliphatic rings. The third kappa shape index (κ3) is 2.44. The van der Waals surface area contributed by atoms with E-state index in [1.807, 2.05) is 6.07 Å². The first-order chi connectivity index (χ1) is 9.17. The molecule has 0 fully saturated rings. The molecule has 0 radical (unpaired) electrons. The molecule has 19 heavy (non-hydrogen) atoms. The van der Waals surface area contributed by atoms with E-state index in [-0.39, 0.29) is 12.3 Å². The van der Waals surface area contributed by atoms with Gasteiger partial charge in [-0.3, -0.25) is 4.79 Å². The number of allylic oxidation sites excluding steroid dienone is 2. The molecule has 1 aromatic rings. The second-order valence-electron chi connectivity index (χ2n) is 4.51. The van der Waals surface area contributed by atoms with Crippen LogP contribution in [0, 0.1) is 0 Å². The molecule has 1 aromatic carbocycles. The summed E-state index contributed by atoms with van der Waals surface area (Å²) in [6.07, 6.45) is 7.07. The number of hydrogen-bond acceptors (Lipinski definition) is 3. The lowest BCUT2D eigenvalue weighted by molar-refractivity contribution is -0.176. The average Bonchev–Trinajstić information content (AvgIpc) is 2.65. The molecule has 0 aromatic heterocycles. The minimum absolute atomic E-state index is 0.119. The number of halogens is 1. The first-order valence-corrected chi connectivity index (χ1v) is 6.30. The Hall–Kier alpha value is -1.94. The zero-order valence-electron chi connectivity index (χ0n) is 10.1. The number of nitrogens with one attached hydrogen (secondary N) is 1. The summed E-state index contributed by atoms with van der Waals surface area (Å²) >= 11 is 6.00. The molecule has 98 valence electrons. The largest absolute Gasteiger partial charge is 0.459 e. The van der Waals surface area contributed by atoms with Crippen LogP contribution in [0.2, 0.25) is 5.02 Å². The number of ether oxygens (including phenoxy) is 2. The number of anilines is 1. The molecule has 1 amide bonds. The van der Waals surface area contributed by atoms with Crippen LogP contribution < -0.4 is 5.32 Å². The molecule has 2 heterocycles. The molecular formula is C14H12ClNO3. The van der Waals surface area contributed by atoms with E-state index in [1.54, 1.807) is 24.3 Å². The Morgan fingerprint density at radius 1 is 1.16 bits per heavy atom. The Labute approximate surface area is 115 Å². The van der Waals surface area contributed by atoms with E-state index < -0.39 is 5.79 Å². The van der Waals surface area contributed by atoms with Crippen LogP contribution in [0.15, 0.2) is 42.9 Å². The topological polar surface area (TPSA) is 47.6 Å². The minimum atomic E-state index is -1.01. The molecular weight excluding hydrogens is 266 g/mol. The van der Waals surface area contributed by atoms with Gasteiger partial charge in [-0.1, -0.05) is 11.6 Å². The summed E-state index contributed by atoms with van der Waals surface area (Å²) in [5.74, 6) is -1.16. The van der Waals surface area contributed by atoms with Gasteiger partial charge < -0.3 is 14.8 Å². The number of fused-ring (bicyclic) bond motifs is 1. The van der Waals surface area contributed by atoms with Gasteiger partial charge in [0.05, 0.1) is 18.9 Å². The summed E-state index contributed by atoms with van der Waals surface area (Å²) < 4.78 is 11.2. The predicted octanol–water partition coefficient (Wildman–Crippen LogP) is 3.00. The van der Waals surface area contributed by atoms with Crippen LogP contribution in [0.25, 0.3) is 0 Å². The number of rotatable bonds is 0. The maximum absolute atomic E-state index is 12.0. The van der Waals surface area contributed by atoms with E-state index in [0.29, 0.717) is 11.4 Å². The van der Waals surface area contributed by atoms with Crippen LogP contribution in [0.4, 0.5) is 5.69 Å². The summed E-state index contributed by atoms with van der Waals surface area (Å²) in [6.45, 7) is 0. The van der Waals surface area contributed by atoms with E-state index in [1.165, 1.54) is 12.5 Å². The zero-order chi connectivity index (χ0) is 13.3. The van der Waals surface area contributed by atoms with Crippen LogP contribution in [0.3, 0.4) is 0 Å². The standard InChI is InChI=1S/C14H12ClNO3/c15-11-3-4-12-10(7-11)8-14(9-13(17)16-12)18-5-1-2-6-19-14/h1-7H,8-9H2,(H,16,17). The van der Waals surface area contributed by atoms with Crippen molar-refractivity contribution in [2.45, 2.75) is 18.6 Å². The predicted molar refractivity (Wildman–Crippen MR) is 71.6 cm³/mol. The fourth-order valence-corrected chi connectivity index (χ4v) is 2.43. The molecule has 0 aliphatic carbocycles. The Morgan fingerprint density at radius 2 is 1.89 bits per heavy atom. The van der Waals surface area contributed by atoms with Gasteiger partial charge >= 0.3 is 0 Å². The number of benzene rings is 1. The van der Waals surface area contributed by atoms with Gasteiger partial charge in [-0.2, -0.15) is 0 Å². The summed E-state index contributed by atoms with van der Waals surface area (Å²) in [6, 6.07) is 5.35. The van der Waals surface area contributed by atoms with E-state index in [0.717, 1.165) is 11.3 Å². The van der Waals surface area contributed by atoms with Crippen molar-refractivity contribution in [3.05, 3.63) is 53.5 Å². The fourth-order valence-electron chi connectivity index (χ4n) is 2.23. The van der Waals surface area contributed by atoms with Gasteiger partial charge in [-0.15, -0.1) is 0 Å². The first kappa shape index (κ1) is 12.1. The number of amides is 1. The maximum Gasteiger partial charge on any atom is 0.262 e. The van der Waals surface area contributed by atoms with Gasteiger partial charge in [0.25, 0.3) is 5.79 Å². The van der Waals surface area contributed by atoms with E-state index >= 15 is 0 Å². The molecule has 4 nitrogen and oxygen atoms in total. The Balaban J connectivity index is 2.02. The number of carbonyl (C=O) groups is 1. The summed E-state index contributed by atoms with van der Waals surface area (Å²) in [7, 11) is 0. The Morgan fingerprint density at radius 3 is 2.63 bits per heavy atom. The highest BCUT2D eigenvalue weighted by atomic mass is 35.5. The van der Waals surface area contributed by atoms with Crippen molar-refractivity contribution < 1.29 is 14.3 Å². The van der Waals surface area contributed by atoms with Gasteiger partial charge in [0, 0.05) is 10.7 Å². The van der Waals surface area contributed by atoms with E-state index in [9.17, 15) is 4.79 Å². The lowest BCUT2D eigenvalue weighted by Gasteiger charge is -2.29. The van der Waals surface area contributed by atoms with Gasteiger partial charge in [0.1, 0.15) is 6.42 Å². The van der Waals surface area contributed by atoms with Crippen LogP contribution >= 0.6 is 11.6 Å². The summed E-state index contributed by atoms with van der Waals surface area (Å²) in [5.41, 5.74) is 1.64. The highest BCUT2D eigenvalue weighted by Gasteiger charge is 2.39. The molecule has 1 N–H and O–H groups in total. The molecule has 0 saturated carbocycles. The second-order valence-corrected chi connectivity index (χ2v) is 4.94. The molecule has 5 heteroatoms. The third-order valence-corrected chi connectivity index (χ3v) is 3.30. The molecule has 1 spiro atoms. The van der Waals surface area contributed by atoms with Crippen molar-refractivity contribution in [1.29, 1.82) is 0 Å². The van der Waals surface area contributed by atoms with Crippen LogP contribution in [0.1, 0.15) is 12.0 Å². The Kier molecular flexibility index (Phi) is 2.95. The lowest BCUT2D eigenvalue weighted by Crippen LogP contribution is -2.37. The van der Waals surface area contributed by atoms with E-state index in [4.69, 9.17) is 21.1 Å². The zero-order valence-corrected chi connectivity index (χ0v) is 10.8. The molecule has 0 unspecified atom stereocenters. The van der Waals surface area contributed by atoms with Crippen molar-refractivity contribution in [1.82, 2.24) is 0 Å². The first-order valence-electron chi connectivity index (χ1n) is 5.93. The molecule has 0 bridgehead atoms. The van der Waals surface area contributed by atoms with Crippen molar-refractivity contribution in [2.24, 2.45) is 0 Å². The minimum Gasteiger partial charge on any atom is -0.459 e. The molecule has 0 saturated heterocycles. The van der Waals surface area contributed by atoms with Crippen molar-refractivity contribution in [2.75, 3.05) is 5.32 Å². The van der Waals surface area contributed by atoms with Crippen molar-refractivity contribution in [3.8, 4) is 0 Å². The van der Waals surface area contributed by atoms with Gasteiger partial charge in [0.15, 0.2) is 0 Å². The SMILES string of the molecule is O=C1CC2(Cc3cc(Cl)ccc3N1)OC=CC=CO2. The van der Waals surface area contributed by atoms with E-state index in [2.05, 4.69) is 5.32 Å². The number of carbonyl (C=O) groups excluding carboxylic acids is 1. The summed E-state index contributed by atoms with van der Waals surface area (Å²) in [4.78, 5) is 12.0. The average molecular weight is 278 g/mol. The molecule has 3 rings (SSSR count). The van der Waals surface area contributed by atoms with Crippen molar-refractivity contribution in [3.63, 3.8) is 0 Å². The van der Waals surface area contributed by atoms with Crippen LogP contribution in [-0.2, 0) is 20.7 Å². The maximum atomic E-state index is 12.0. The number of hydrogen-bond donors (Lipinski definition) is 1. The third-order valence-electron chi connectivity index (χ3n) is 3.06. The highest BCUT2D eigenvalue weighted by Crippen LogP contribution is 2.34. The quantitative estimate of drug-likeness (QED) is 0.793. The smallest absolute Gasteiger partial charge is 0.262 e. The van der Waals surface area contributed by atoms with Gasteiger partial charge in [-0.05, 0) is 35.9 Å². The summed E-state index contributed by atoms with van der Waals surface area (Å²) in [5, 5.41) is 3.45. The van der Waals surface area contributed by atoms with Gasteiger partial charge in [0.2, 0.25) is 5.91 Å². The fraction of sp³-hybridized carbons (Fsp3) is 0.214. The normalized spacial score (nSPS) is 19.7. The van der Waals surface area contributed by atoms with Crippen LogP contribution in [0.5, 0.6) is 0 Å². The van der Waals surface area contributed by atoms with Crippen LogP contribution in [-0.4, -0.2) is 11.7 Å². The highest BCUT2D eigenvalue weighted by molar-refractivity contribution is 6.30. The Bertz CT molecular complexity index is 566. The molecule has 2 aliphatic heterocycles.